The van der Waals surface area contributed by atoms with Gasteiger partial charge < -0.3 is 4.74 Å². The fraction of sp³-hybridized carbons (Fsp3) is 0.467. The maximum atomic E-state index is 5.81. The number of hydrogen-bond acceptors (Lipinski definition) is 1. The largest absolute Gasteiger partial charge is 0.369 e. The van der Waals surface area contributed by atoms with Crippen LogP contribution in [0.1, 0.15) is 44.3 Å². The molecule has 1 heteroatoms. The van der Waals surface area contributed by atoms with Crippen LogP contribution in [0.2, 0.25) is 0 Å². The van der Waals surface area contributed by atoms with Crippen molar-refractivity contribution in [1.82, 2.24) is 0 Å². The second kappa shape index (κ2) is 8.12. The lowest BCUT2D eigenvalue weighted by Crippen LogP contribution is -2.02. The van der Waals surface area contributed by atoms with Crippen molar-refractivity contribution >= 4 is 0 Å². The molecule has 1 unspecified atom stereocenters. The van der Waals surface area contributed by atoms with Gasteiger partial charge in [0.1, 0.15) is 6.10 Å². The highest BCUT2D eigenvalue weighted by Crippen LogP contribution is 2.18. The minimum Gasteiger partial charge on any atom is -0.369 e. The number of hydrogen-bond donors (Lipinski definition) is 0. The van der Waals surface area contributed by atoms with Crippen LogP contribution < -0.4 is 0 Å². The molecule has 0 fully saturated rings. The Morgan fingerprint density at radius 3 is 2.56 bits per heavy atom. The number of unbranched alkanes of at least 4 members (excludes halogenated alkanes) is 3. The van der Waals surface area contributed by atoms with Crippen molar-refractivity contribution in [2.75, 3.05) is 6.61 Å². The number of rotatable bonds is 8. The van der Waals surface area contributed by atoms with E-state index in [9.17, 15) is 0 Å². The average molecular weight is 218 g/mol. The van der Waals surface area contributed by atoms with Gasteiger partial charge in [0.05, 0.1) is 0 Å². The van der Waals surface area contributed by atoms with Crippen molar-refractivity contribution < 1.29 is 4.74 Å². The number of benzene rings is 1. The summed E-state index contributed by atoms with van der Waals surface area (Å²) in [7, 11) is 0. The van der Waals surface area contributed by atoms with Gasteiger partial charge in [-0.05, 0) is 12.0 Å². The second-order valence-electron chi connectivity index (χ2n) is 4.00. The van der Waals surface area contributed by atoms with Gasteiger partial charge in [0, 0.05) is 6.61 Å². The fourth-order valence-corrected chi connectivity index (χ4v) is 1.68. The molecule has 1 nitrogen and oxygen atoms in total. The van der Waals surface area contributed by atoms with Gasteiger partial charge in [-0.2, -0.15) is 0 Å². The fourth-order valence-electron chi connectivity index (χ4n) is 1.68. The summed E-state index contributed by atoms with van der Waals surface area (Å²) < 4.78 is 5.81. The molecule has 0 aliphatic carbocycles. The van der Waals surface area contributed by atoms with Crippen LogP contribution in [-0.4, -0.2) is 6.61 Å². The average Bonchev–Trinajstić information content (AvgIpc) is 2.35. The van der Waals surface area contributed by atoms with Crippen LogP contribution in [0.3, 0.4) is 0 Å². The molecule has 0 bridgehead atoms. The number of ether oxygens (including phenoxy) is 1. The van der Waals surface area contributed by atoms with Crippen LogP contribution in [0.5, 0.6) is 0 Å². The van der Waals surface area contributed by atoms with E-state index < -0.39 is 0 Å². The summed E-state index contributed by atoms with van der Waals surface area (Å²) in [6.07, 6.45) is 6.88. The van der Waals surface area contributed by atoms with Crippen LogP contribution in [-0.2, 0) is 4.74 Å². The minimum atomic E-state index is 0.0443. The molecule has 0 aromatic heterocycles. The minimum absolute atomic E-state index is 0.0443. The Kier molecular flexibility index (Phi) is 6.59. The first kappa shape index (κ1) is 13.0. The Balaban J connectivity index is 2.30. The highest BCUT2D eigenvalue weighted by atomic mass is 16.5. The van der Waals surface area contributed by atoms with Crippen molar-refractivity contribution in [3.05, 3.63) is 48.6 Å². The SMILES string of the molecule is C=CC(OCCCCCC)c1ccccc1. The van der Waals surface area contributed by atoms with E-state index in [4.69, 9.17) is 4.74 Å². The Labute approximate surface area is 99.1 Å². The van der Waals surface area contributed by atoms with Crippen LogP contribution in [0, 0.1) is 0 Å². The van der Waals surface area contributed by atoms with Crippen molar-refractivity contribution in [3.8, 4) is 0 Å². The third-order valence-electron chi connectivity index (χ3n) is 2.64. The maximum absolute atomic E-state index is 5.81. The summed E-state index contributed by atoms with van der Waals surface area (Å²) in [6, 6.07) is 10.3. The summed E-state index contributed by atoms with van der Waals surface area (Å²) >= 11 is 0. The van der Waals surface area contributed by atoms with Crippen molar-refractivity contribution in [2.45, 2.75) is 38.7 Å². The zero-order valence-corrected chi connectivity index (χ0v) is 10.2. The highest BCUT2D eigenvalue weighted by molar-refractivity contribution is 5.20. The summed E-state index contributed by atoms with van der Waals surface area (Å²) in [4.78, 5) is 0. The Morgan fingerprint density at radius 2 is 1.94 bits per heavy atom. The van der Waals surface area contributed by atoms with E-state index in [1.165, 1.54) is 24.8 Å². The first-order chi connectivity index (χ1) is 7.88. The molecular formula is C15H22O. The first-order valence-electron chi connectivity index (χ1n) is 6.17. The molecule has 1 aromatic carbocycles. The predicted molar refractivity (Wildman–Crippen MR) is 69.5 cm³/mol. The molecule has 1 atom stereocenters. The second-order valence-corrected chi connectivity index (χ2v) is 4.00. The lowest BCUT2D eigenvalue weighted by atomic mass is 10.1. The Hall–Kier alpha value is -1.08. The topological polar surface area (TPSA) is 9.23 Å². The van der Waals surface area contributed by atoms with Crippen LogP contribution in [0.15, 0.2) is 43.0 Å². The molecule has 0 amide bonds. The summed E-state index contributed by atoms with van der Waals surface area (Å²) in [6.45, 7) is 6.87. The lowest BCUT2D eigenvalue weighted by molar-refractivity contribution is 0.0822. The molecule has 0 saturated heterocycles. The summed E-state index contributed by atoms with van der Waals surface area (Å²) in [5.41, 5.74) is 1.19. The van der Waals surface area contributed by atoms with Gasteiger partial charge in [-0.1, -0.05) is 62.6 Å². The van der Waals surface area contributed by atoms with Crippen LogP contribution >= 0.6 is 0 Å². The van der Waals surface area contributed by atoms with E-state index in [-0.39, 0.29) is 6.10 Å². The third-order valence-corrected chi connectivity index (χ3v) is 2.64. The Morgan fingerprint density at radius 1 is 1.19 bits per heavy atom. The lowest BCUT2D eigenvalue weighted by Gasteiger charge is -2.14. The van der Waals surface area contributed by atoms with E-state index in [1.807, 2.05) is 24.3 Å². The van der Waals surface area contributed by atoms with Crippen molar-refractivity contribution in [2.24, 2.45) is 0 Å². The van der Waals surface area contributed by atoms with E-state index in [0.29, 0.717) is 0 Å². The van der Waals surface area contributed by atoms with Gasteiger partial charge in [-0.25, -0.2) is 0 Å². The molecule has 1 aromatic rings. The van der Waals surface area contributed by atoms with Crippen molar-refractivity contribution in [3.63, 3.8) is 0 Å². The normalized spacial score (nSPS) is 12.3. The highest BCUT2D eigenvalue weighted by Gasteiger charge is 2.05. The standard InChI is InChI=1S/C15H22O/c1-3-5-6-10-13-16-15(4-2)14-11-8-7-9-12-14/h4,7-9,11-12,15H,2-3,5-6,10,13H2,1H3. The zero-order chi connectivity index (χ0) is 11.6. The van der Waals surface area contributed by atoms with Crippen molar-refractivity contribution in [1.29, 1.82) is 0 Å². The molecule has 0 spiro atoms. The van der Waals surface area contributed by atoms with Crippen LogP contribution in [0.25, 0.3) is 0 Å². The predicted octanol–water partition coefficient (Wildman–Crippen LogP) is 4.51. The molecule has 0 N–H and O–H groups in total. The molecule has 0 radical (unpaired) electrons. The van der Waals surface area contributed by atoms with E-state index in [1.54, 1.807) is 0 Å². The quantitative estimate of drug-likeness (QED) is 0.461. The zero-order valence-electron chi connectivity index (χ0n) is 10.2. The Bertz CT molecular complexity index is 279. The van der Waals surface area contributed by atoms with E-state index >= 15 is 0 Å². The smallest absolute Gasteiger partial charge is 0.100 e. The first-order valence-corrected chi connectivity index (χ1v) is 6.17. The molecule has 0 aliphatic heterocycles. The maximum Gasteiger partial charge on any atom is 0.100 e. The monoisotopic (exact) mass is 218 g/mol. The molecule has 0 aliphatic rings. The molecule has 0 heterocycles. The molecule has 88 valence electrons. The van der Waals surface area contributed by atoms with Gasteiger partial charge in [0.2, 0.25) is 0 Å². The summed E-state index contributed by atoms with van der Waals surface area (Å²) in [5.74, 6) is 0. The molecule has 16 heavy (non-hydrogen) atoms. The summed E-state index contributed by atoms with van der Waals surface area (Å²) in [5, 5.41) is 0. The van der Waals surface area contributed by atoms with Gasteiger partial charge >= 0.3 is 0 Å². The van der Waals surface area contributed by atoms with Crippen LogP contribution in [0.4, 0.5) is 0 Å². The van der Waals surface area contributed by atoms with E-state index in [2.05, 4.69) is 25.6 Å². The van der Waals surface area contributed by atoms with Gasteiger partial charge in [-0.3, -0.25) is 0 Å². The van der Waals surface area contributed by atoms with Gasteiger partial charge in [-0.15, -0.1) is 6.58 Å². The third kappa shape index (κ3) is 4.63. The van der Waals surface area contributed by atoms with Gasteiger partial charge in [0.25, 0.3) is 0 Å². The molecular weight excluding hydrogens is 196 g/mol. The molecule has 1 rings (SSSR count). The van der Waals surface area contributed by atoms with E-state index in [0.717, 1.165) is 13.0 Å². The van der Waals surface area contributed by atoms with Gasteiger partial charge in [0.15, 0.2) is 0 Å². The molecule has 0 saturated carbocycles.